The number of carbonyl (C=O) groups excluding carboxylic acids is 2. The molecule has 1 aliphatic heterocycles. The summed E-state index contributed by atoms with van der Waals surface area (Å²) in [7, 11) is 0. The Morgan fingerprint density at radius 1 is 1.26 bits per heavy atom. The molecular formula is C19H29N5O3. The van der Waals surface area contributed by atoms with Gasteiger partial charge in [-0.1, -0.05) is 19.1 Å². The summed E-state index contributed by atoms with van der Waals surface area (Å²) in [6.45, 7) is 6.78. The third-order valence-corrected chi connectivity index (χ3v) is 4.34. The van der Waals surface area contributed by atoms with Crippen molar-refractivity contribution >= 4 is 17.8 Å². The lowest BCUT2D eigenvalue weighted by Crippen LogP contribution is -2.45. The van der Waals surface area contributed by atoms with E-state index in [1.54, 1.807) is 18.2 Å². The third kappa shape index (κ3) is 6.16. The molecule has 0 saturated carbocycles. The molecule has 4 N–H and O–H groups in total. The molecule has 1 unspecified atom stereocenters. The quantitative estimate of drug-likeness (QED) is 0.319. The minimum absolute atomic E-state index is 0.0408. The first-order valence-corrected chi connectivity index (χ1v) is 9.44. The molecule has 1 aromatic rings. The van der Waals surface area contributed by atoms with Gasteiger partial charge in [0, 0.05) is 38.6 Å². The highest BCUT2D eigenvalue weighted by Crippen LogP contribution is 2.14. The molecule has 1 aliphatic rings. The monoisotopic (exact) mass is 375 g/mol. The zero-order chi connectivity index (χ0) is 19.6. The minimum atomic E-state index is -0.328. The Morgan fingerprint density at radius 2 is 2.04 bits per heavy atom. The van der Waals surface area contributed by atoms with Gasteiger partial charge in [-0.3, -0.25) is 14.6 Å². The van der Waals surface area contributed by atoms with Gasteiger partial charge >= 0.3 is 0 Å². The summed E-state index contributed by atoms with van der Waals surface area (Å²) in [5, 5.41) is 19.0. The van der Waals surface area contributed by atoms with Crippen LogP contribution in [-0.2, 0) is 4.79 Å². The molecule has 2 amide bonds. The van der Waals surface area contributed by atoms with Crippen LogP contribution >= 0.6 is 0 Å². The molecule has 0 radical (unpaired) electrons. The number of rotatable bonds is 7. The summed E-state index contributed by atoms with van der Waals surface area (Å²) in [5.41, 5.74) is 0.248. The van der Waals surface area contributed by atoms with Crippen molar-refractivity contribution in [3.05, 3.63) is 29.8 Å². The highest BCUT2D eigenvalue weighted by atomic mass is 16.3. The Bertz CT molecular complexity index is 677. The van der Waals surface area contributed by atoms with E-state index in [1.165, 1.54) is 6.07 Å². The first-order chi connectivity index (χ1) is 13.0. The average Bonchev–Trinajstić information content (AvgIpc) is 3.13. The van der Waals surface area contributed by atoms with E-state index in [0.717, 1.165) is 19.5 Å². The van der Waals surface area contributed by atoms with Crippen LogP contribution in [0, 0.1) is 0 Å². The van der Waals surface area contributed by atoms with E-state index in [2.05, 4.69) is 20.9 Å². The molecule has 0 aliphatic carbocycles. The van der Waals surface area contributed by atoms with Crippen molar-refractivity contribution in [2.75, 3.05) is 32.7 Å². The maximum Gasteiger partial charge on any atom is 0.255 e. The van der Waals surface area contributed by atoms with Crippen LogP contribution in [0.15, 0.2) is 29.3 Å². The topological polar surface area (TPSA) is 106 Å². The predicted octanol–water partition coefficient (Wildman–Crippen LogP) is 0.688. The van der Waals surface area contributed by atoms with Crippen molar-refractivity contribution in [3.8, 4) is 5.75 Å². The van der Waals surface area contributed by atoms with Crippen molar-refractivity contribution in [1.29, 1.82) is 0 Å². The zero-order valence-corrected chi connectivity index (χ0v) is 16.0. The molecule has 8 nitrogen and oxygen atoms in total. The number of phenolic OH excluding ortho intramolecular Hbond substituents is 1. The van der Waals surface area contributed by atoms with Gasteiger partial charge in [-0.2, -0.15) is 0 Å². The van der Waals surface area contributed by atoms with Gasteiger partial charge in [0.2, 0.25) is 5.91 Å². The first kappa shape index (κ1) is 20.5. The van der Waals surface area contributed by atoms with Crippen molar-refractivity contribution < 1.29 is 14.7 Å². The summed E-state index contributed by atoms with van der Waals surface area (Å²) < 4.78 is 0. The van der Waals surface area contributed by atoms with E-state index in [0.29, 0.717) is 32.0 Å². The summed E-state index contributed by atoms with van der Waals surface area (Å²) in [5.74, 6) is 0.477. The number of amides is 2. The Labute approximate surface area is 160 Å². The number of likely N-dealkylation sites (tertiary alicyclic amines) is 1. The van der Waals surface area contributed by atoms with Gasteiger partial charge in [0.15, 0.2) is 5.96 Å². The van der Waals surface area contributed by atoms with Gasteiger partial charge in [-0.05, 0) is 25.5 Å². The molecule has 27 heavy (non-hydrogen) atoms. The first-order valence-electron chi connectivity index (χ1n) is 9.44. The lowest BCUT2D eigenvalue weighted by Gasteiger charge is -2.18. The number of aromatic hydroxyl groups is 1. The maximum absolute atomic E-state index is 12.1. The largest absolute Gasteiger partial charge is 0.507 e. The van der Waals surface area contributed by atoms with Crippen LogP contribution in [0.1, 0.15) is 37.0 Å². The smallest absolute Gasteiger partial charge is 0.255 e. The Balaban J connectivity index is 1.81. The molecule has 0 aromatic heterocycles. The number of nitrogens with zero attached hydrogens (tertiary/aromatic N) is 2. The number of hydrogen-bond donors (Lipinski definition) is 4. The average molecular weight is 375 g/mol. The summed E-state index contributed by atoms with van der Waals surface area (Å²) in [4.78, 5) is 30.2. The second kappa shape index (κ2) is 10.4. The van der Waals surface area contributed by atoms with E-state index in [4.69, 9.17) is 0 Å². The Hall–Kier alpha value is -2.77. The van der Waals surface area contributed by atoms with Crippen LogP contribution in [0.5, 0.6) is 5.75 Å². The van der Waals surface area contributed by atoms with Gasteiger partial charge in [0.25, 0.3) is 5.91 Å². The number of carbonyl (C=O) groups is 2. The second-order valence-electron chi connectivity index (χ2n) is 6.36. The third-order valence-electron chi connectivity index (χ3n) is 4.34. The van der Waals surface area contributed by atoms with Crippen LogP contribution in [0.2, 0.25) is 0 Å². The number of guanidine groups is 1. The van der Waals surface area contributed by atoms with Gasteiger partial charge in [0.05, 0.1) is 12.1 Å². The highest BCUT2D eigenvalue weighted by Gasteiger charge is 2.25. The number of aliphatic imine (C=N–C) groups is 1. The van der Waals surface area contributed by atoms with Gasteiger partial charge in [0.1, 0.15) is 5.75 Å². The van der Waals surface area contributed by atoms with Crippen molar-refractivity contribution in [1.82, 2.24) is 20.9 Å². The van der Waals surface area contributed by atoms with Gasteiger partial charge < -0.3 is 26.0 Å². The standard InChI is InChI=1S/C19H29N5O3/c1-3-17(26)24-12-9-14(13-24)23-19(20-4-2)22-11-10-21-18(27)15-7-5-6-8-16(15)25/h5-8,14,25H,3-4,9-13H2,1-2H3,(H,21,27)(H2,20,22,23). The van der Waals surface area contributed by atoms with Crippen molar-refractivity contribution in [3.63, 3.8) is 0 Å². The molecule has 1 saturated heterocycles. The minimum Gasteiger partial charge on any atom is -0.507 e. The van der Waals surface area contributed by atoms with Gasteiger partial charge in [-0.25, -0.2) is 0 Å². The van der Waals surface area contributed by atoms with Crippen molar-refractivity contribution in [2.45, 2.75) is 32.7 Å². The second-order valence-corrected chi connectivity index (χ2v) is 6.36. The van der Waals surface area contributed by atoms with E-state index in [-0.39, 0.29) is 29.2 Å². The summed E-state index contributed by atoms with van der Waals surface area (Å²) >= 11 is 0. The normalized spacial score (nSPS) is 16.9. The number of nitrogens with one attached hydrogen (secondary N) is 3. The SMILES string of the molecule is CCNC(=NCCNC(=O)c1ccccc1O)NC1CCN(C(=O)CC)C1. The fraction of sp³-hybridized carbons (Fsp3) is 0.526. The fourth-order valence-corrected chi connectivity index (χ4v) is 2.94. The lowest BCUT2D eigenvalue weighted by atomic mass is 10.2. The molecule has 0 bridgehead atoms. The lowest BCUT2D eigenvalue weighted by molar-refractivity contribution is -0.129. The number of benzene rings is 1. The van der Waals surface area contributed by atoms with E-state index < -0.39 is 0 Å². The molecule has 1 heterocycles. The number of para-hydroxylation sites is 1. The van der Waals surface area contributed by atoms with E-state index >= 15 is 0 Å². The highest BCUT2D eigenvalue weighted by molar-refractivity contribution is 5.96. The predicted molar refractivity (Wildman–Crippen MR) is 105 cm³/mol. The Morgan fingerprint density at radius 3 is 2.74 bits per heavy atom. The van der Waals surface area contributed by atoms with Crippen LogP contribution in [0.25, 0.3) is 0 Å². The molecular weight excluding hydrogens is 346 g/mol. The van der Waals surface area contributed by atoms with Crippen LogP contribution in [0.3, 0.4) is 0 Å². The van der Waals surface area contributed by atoms with Gasteiger partial charge in [-0.15, -0.1) is 0 Å². The van der Waals surface area contributed by atoms with E-state index in [9.17, 15) is 14.7 Å². The molecule has 0 spiro atoms. The zero-order valence-electron chi connectivity index (χ0n) is 16.0. The maximum atomic E-state index is 12.1. The number of phenols is 1. The van der Waals surface area contributed by atoms with Crippen LogP contribution in [-0.4, -0.2) is 66.5 Å². The Kier molecular flexibility index (Phi) is 7.91. The molecule has 148 valence electrons. The van der Waals surface area contributed by atoms with Crippen LogP contribution in [0.4, 0.5) is 0 Å². The summed E-state index contributed by atoms with van der Waals surface area (Å²) in [6.07, 6.45) is 1.41. The molecule has 1 atom stereocenters. The summed E-state index contributed by atoms with van der Waals surface area (Å²) in [6, 6.07) is 6.60. The fourth-order valence-electron chi connectivity index (χ4n) is 2.94. The number of hydrogen-bond acceptors (Lipinski definition) is 4. The van der Waals surface area contributed by atoms with E-state index in [1.807, 2.05) is 18.7 Å². The van der Waals surface area contributed by atoms with Crippen molar-refractivity contribution in [2.24, 2.45) is 4.99 Å². The molecule has 8 heteroatoms. The van der Waals surface area contributed by atoms with Crippen LogP contribution < -0.4 is 16.0 Å². The molecule has 1 aromatic carbocycles. The molecule has 1 fully saturated rings. The molecule has 2 rings (SSSR count).